The third kappa shape index (κ3) is 5.43. The summed E-state index contributed by atoms with van der Waals surface area (Å²) in [4.78, 5) is 38.2. The van der Waals surface area contributed by atoms with Crippen LogP contribution in [0.1, 0.15) is 13.3 Å². The zero-order valence-electron chi connectivity index (χ0n) is 16.2. The van der Waals surface area contributed by atoms with Crippen LogP contribution in [0.4, 0.5) is 11.4 Å². The van der Waals surface area contributed by atoms with E-state index in [1.165, 1.54) is 11.0 Å². The van der Waals surface area contributed by atoms with E-state index >= 15 is 0 Å². The smallest absolute Gasteiger partial charge is 0.311 e. The summed E-state index contributed by atoms with van der Waals surface area (Å²) in [6, 6.07) is 11.7. The van der Waals surface area contributed by atoms with Crippen molar-refractivity contribution in [3.8, 4) is 5.75 Å². The van der Waals surface area contributed by atoms with E-state index in [2.05, 4.69) is 5.32 Å². The maximum atomic E-state index is 12.3. The third-order valence-corrected chi connectivity index (χ3v) is 5.03. The molecule has 2 aromatic rings. The second-order valence-corrected chi connectivity index (χ2v) is 7.46. The number of anilines is 2. The van der Waals surface area contributed by atoms with Crippen LogP contribution in [0.2, 0.25) is 10.0 Å². The molecule has 2 aromatic carbocycles. The molecule has 2 amide bonds. The van der Waals surface area contributed by atoms with E-state index in [0.717, 1.165) is 0 Å². The summed E-state index contributed by atoms with van der Waals surface area (Å²) >= 11 is 11.9. The first-order valence-electron chi connectivity index (χ1n) is 9.32. The van der Waals surface area contributed by atoms with Crippen molar-refractivity contribution in [3.63, 3.8) is 0 Å². The zero-order chi connectivity index (χ0) is 21.7. The van der Waals surface area contributed by atoms with Gasteiger partial charge in [0.25, 0.3) is 5.91 Å². The van der Waals surface area contributed by atoms with Crippen LogP contribution in [0.3, 0.4) is 0 Å². The van der Waals surface area contributed by atoms with Crippen LogP contribution in [0.15, 0.2) is 42.5 Å². The Balaban J connectivity index is 1.53. The van der Waals surface area contributed by atoms with Gasteiger partial charge in [0, 0.05) is 23.7 Å². The number of ether oxygens (including phenoxy) is 2. The number of hydrogen-bond acceptors (Lipinski definition) is 5. The van der Waals surface area contributed by atoms with Gasteiger partial charge in [-0.25, -0.2) is 0 Å². The number of carbonyl (C=O) groups is 3. The number of carbonyl (C=O) groups excluding carboxylic acids is 3. The maximum Gasteiger partial charge on any atom is 0.311 e. The van der Waals surface area contributed by atoms with E-state index in [9.17, 15) is 14.4 Å². The molecular weight excluding hydrogens is 431 g/mol. The van der Waals surface area contributed by atoms with E-state index in [0.29, 0.717) is 33.8 Å². The Morgan fingerprint density at radius 1 is 1.17 bits per heavy atom. The second-order valence-electron chi connectivity index (χ2n) is 6.61. The van der Waals surface area contributed by atoms with Crippen LogP contribution < -0.4 is 15.0 Å². The quantitative estimate of drug-likeness (QED) is 0.645. The summed E-state index contributed by atoms with van der Waals surface area (Å²) < 4.78 is 10.5. The highest BCUT2D eigenvalue weighted by atomic mass is 35.5. The van der Waals surface area contributed by atoms with Gasteiger partial charge in [0.1, 0.15) is 5.75 Å². The zero-order valence-corrected chi connectivity index (χ0v) is 17.7. The summed E-state index contributed by atoms with van der Waals surface area (Å²) in [6.45, 7) is 2.13. The molecule has 9 heteroatoms. The molecule has 3 rings (SSSR count). The normalized spacial score (nSPS) is 15.8. The standard InChI is InChI=1S/C21H20Cl2N2O5/c1-2-29-16-6-4-15(5-7-16)25-11-13(9-20(25)27)21(28)30-12-19(26)24-18-10-14(22)3-8-17(18)23/h3-8,10,13H,2,9,11-12H2,1H3,(H,24,26)/t13-/m1/s1. The predicted molar refractivity (Wildman–Crippen MR) is 114 cm³/mol. The van der Waals surface area contributed by atoms with Crippen molar-refractivity contribution in [2.45, 2.75) is 13.3 Å². The molecule has 0 aliphatic carbocycles. The van der Waals surface area contributed by atoms with Gasteiger partial charge >= 0.3 is 5.97 Å². The van der Waals surface area contributed by atoms with Crippen molar-refractivity contribution < 1.29 is 23.9 Å². The lowest BCUT2D eigenvalue weighted by atomic mass is 10.1. The molecule has 158 valence electrons. The molecule has 0 aromatic heterocycles. The summed E-state index contributed by atoms with van der Waals surface area (Å²) in [7, 11) is 0. The summed E-state index contributed by atoms with van der Waals surface area (Å²) in [6.07, 6.45) is 0.0216. The Kier molecular flexibility index (Phi) is 7.18. The molecule has 1 atom stereocenters. The predicted octanol–water partition coefficient (Wildman–Crippen LogP) is 3.93. The largest absolute Gasteiger partial charge is 0.494 e. The number of nitrogens with one attached hydrogen (secondary N) is 1. The lowest BCUT2D eigenvalue weighted by molar-refractivity contribution is -0.151. The minimum atomic E-state index is -0.647. The Hall–Kier alpha value is -2.77. The Morgan fingerprint density at radius 2 is 1.90 bits per heavy atom. The van der Waals surface area contributed by atoms with Crippen molar-refractivity contribution in [1.82, 2.24) is 0 Å². The number of nitrogens with zero attached hydrogens (tertiary/aromatic N) is 1. The molecule has 0 spiro atoms. The minimum Gasteiger partial charge on any atom is -0.494 e. The van der Waals surface area contributed by atoms with Crippen LogP contribution in [-0.4, -0.2) is 37.5 Å². The fourth-order valence-electron chi connectivity index (χ4n) is 3.04. The molecule has 0 unspecified atom stereocenters. The van der Waals surface area contributed by atoms with Gasteiger partial charge in [-0.2, -0.15) is 0 Å². The van der Waals surface area contributed by atoms with Crippen LogP contribution >= 0.6 is 23.2 Å². The molecule has 1 heterocycles. The molecule has 30 heavy (non-hydrogen) atoms. The lowest BCUT2D eigenvalue weighted by Crippen LogP contribution is -2.28. The molecule has 1 aliphatic heterocycles. The molecule has 7 nitrogen and oxygen atoms in total. The SMILES string of the molecule is CCOc1ccc(N2C[C@H](C(=O)OCC(=O)Nc3cc(Cl)ccc3Cl)CC2=O)cc1. The van der Waals surface area contributed by atoms with Gasteiger partial charge in [0.15, 0.2) is 6.61 Å². The summed E-state index contributed by atoms with van der Waals surface area (Å²) in [5.74, 6) is -1.29. The van der Waals surface area contributed by atoms with E-state index in [4.69, 9.17) is 32.7 Å². The van der Waals surface area contributed by atoms with Crippen molar-refractivity contribution in [1.29, 1.82) is 0 Å². The number of rotatable bonds is 7. The highest BCUT2D eigenvalue weighted by Gasteiger charge is 2.36. The number of hydrogen-bond donors (Lipinski definition) is 1. The first-order valence-corrected chi connectivity index (χ1v) is 10.1. The van der Waals surface area contributed by atoms with Crippen molar-refractivity contribution in [3.05, 3.63) is 52.5 Å². The molecule has 0 radical (unpaired) electrons. The minimum absolute atomic E-state index is 0.0216. The highest BCUT2D eigenvalue weighted by Crippen LogP contribution is 2.28. The third-order valence-electron chi connectivity index (χ3n) is 4.47. The maximum absolute atomic E-state index is 12.3. The number of halogens is 2. The first-order chi connectivity index (χ1) is 14.4. The van der Waals surface area contributed by atoms with Crippen LogP contribution in [0, 0.1) is 5.92 Å². The van der Waals surface area contributed by atoms with E-state index < -0.39 is 24.4 Å². The van der Waals surface area contributed by atoms with Crippen LogP contribution in [0.5, 0.6) is 5.75 Å². The fraction of sp³-hybridized carbons (Fsp3) is 0.286. The van der Waals surface area contributed by atoms with Gasteiger partial charge in [-0.1, -0.05) is 23.2 Å². The first kappa shape index (κ1) is 21.9. The topological polar surface area (TPSA) is 84.9 Å². The van der Waals surface area contributed by atoms with Gasteiger partial charge in [0.05, 0.1) is 23.2 Å². The van der Waals surface area contributed by atoms with Crippen molar-refractivity contribution in [2.24, 2.45) is 5.92 Å². The molecule has 0 saturated carbocycles. The number of benzene rings is 2. The van der Waals surface area contributed by atoms with Crippen molar-refractivity contribution >= 4 is 52.4 Å². The highest BCUT2D eigenvalue weighted by molar-refractivity contribution is 6.35. The van der Waals surface area contributed by atoms with Gasteiger partial charge in [-0.3, -0.25) is 14.4 Å². The van der Waals surface area contributed by atoms with Crippen LogP contribution in [0.25, 0.3) is 0 Å². The van der Waals surface area contributed by atoms with E-state index in [1.54, 1.807) is 36.4 Å². The summed E-state index contributed by atoms with van der Waals surface area (Å²) in [5, 5.41) is 3.25. The molecule has 0 bridgehead atoms. The second kappa shape index (κ2) is 9.82. The van der Waals surface area contributed by atoms with Gasteiger partial charge in [0.2, 0.25) is 5.91 Å². The Labute approximate surface area is 183 Å². The summed E-state index contributed by atoms with van der Waals surface area (Å²) in [5.41, 5.74) is 0.995. The molecule has 1 saturated heterocycles. The molecule has 1 N–H and O–H groups in total. The average Bonchev–Trinajstić information content (AvgIpc) is 3.11. The van der Waals surface area contributed by atoms with Gasteiger partial charge in [-0.05, 0) is 49.4 Å². The molecular formula is C21H20Cl2N2O5. The van der Waals surface area contributed by atoms with Gasteiger partial charge in [-0.15, -0.1) is 0 Å². The number of esters is 1. The monoisotopic (exact) mass is 450 g/mol. The Morgan fingerprint density at radius 3 is 2.60 bits per heavy atom. The fourth-order valence-corrected chi connectivity index (χ4v) is 3.37. The van der Waals surface area contributed by atoms with Gasteiger partial charge < -0.3 is 19.7 Å². The van der Waals surface area contributed by atoms with E-state index in [1.807, 2.05) is 6.92 Å². The van der Waals surface area contributed by atoms with Crippen molar-refractivity contribution in [2.75, 3.05) is 30.0 Å². The average molecular weight is 451 g/mol. The lowest BCUT2D eigenvalue weighted by Gasteiger charge is -2.17. The Bertz CT molecular complexity index is 949. The molecule has 1 aliphatic rings. The van der Waals surface area contributed by atoms with Crippen LogP contribution in [-0.2, 0) is 19.1 Å². The van der Waals surface area contributed by atoms with E-state index in [-0.39, 0.29) is 18.9 Å². The number of amides is 2. The molecule has 1 fully saturated rings.